The van der Waals surface area contributed by atoms with Crippen LogP contribution in [-0.2, 0) is 6.42 Å². The van der Waals surface area contributed by atoms with Gasteiger partial charge in [0, 0.05) is 35.8 Å². The van der Waals surface area contributed by atoms with Gasteiger partial charge in [-0.1, -0.05) is 30.3 Å². The largest absolute Gasteiger partial charge is 0.494 e. The van der Waals surface area contributed by atoms with E-state index in [9.17, 15) is 10.1 Å². The topological polar surface area (TPSA) is 81.2 Å². The van der Waals surface area contributed by atoms with Gasteiger partial charge in [-0.3, -0.25) is 4.79 Å². The lowest BCUT2D eigenvalue weighted by Gasteiger charge is -2.11. The number of amides is 1. The van der Waals surface area contributed by atoms with E-state index in [1.807, 2.05) is 66.7 Å². The number of hydrogen-bond acceptors (Lipinski definition) is 4. The number of nitrogens with zero attached hydrogens (tertiary/aromatic N) is 2. The van der Waals surface area contributed by atoms with Gasteiger partial charge in [0.25, 0.3) is 5.91 Å². The Bertz CT molecular complexity index is 1330. The molecule has 0 atom stereocenters. The number of nitrogens with one attached hydrogen (secondary N) is 2. The van der Waals surface area contributed by atoms with Crippen LogP contribution in [0.1, 0.15) is 27.9 Å². The minimum Gasteiger partial charge on any atom is -0.494 e. The molecule has 0 aliphatic carbocycles. The number of aromatic amines is 1. The molecule has 0 unspecified atom stereocenters. The second-order valence-electron chi connectivity index (χ2n) is 8.81. The predicted octanol–water partition coefficient (Wildman–Crippen LogP) is 5.01. The summed E-state index contributed by atoms with van der Waals surface area (Å²) in [5.74, 6) is 0.748. The van der Waals surface area contributed by atoms with Crippen LogP contribution in [0, 0.1) is 11.3 Å². The quantitative estimate of drug-likeness (QED) is 0.322. The molecule has 1 heterocycles. The van der Waals surface area contributed by atoms with Crippen LogP contribution >= 0.6 is 0 Å². The highest BCUT2D eigenvalue weighted by Gasteiger charge is 2.08. The Kier molecular flexibility index (Phi) is 7.81. The molecule has 0 spiro atoms. The maximum atomic E-state index is 12.6. The molecule has 0 radical (unpaired) electrons. The van der Waals surface area contributed by atoms with Gasteiger partial charge in [0.05, 0.1) is 12.2 Å². The van der Waals surface area contributed by atoms with E-state index >= 15 is 0 Å². The zero-order chi connectivity index (χ0) is 24.6. The first-order valence-corrected chi connectivity index (χ1v) is 11.8. The normalized spacial score (nSPS) is 10.9. The number of hydrogen-bond donors (Lipinski definition) is 2. The molecule has 6 heteroatoms. The van der Waals surface area contributed by atoms with Gasteiger partial charge in [0.15, 0.2) is 0 Å². The monoisotopic (exact) mass is 466 g/mol. The van der Waals surface area contributed by atoms with Crippen molar-refractivity contribution < 1.29 is 9.53 Å². The molecular formula is C29H30N4O2. The smallest absolute Gasteiger partial charge is 0.251 e. The lowest BCUT2D eigenvalue weighted by Crippen LogP contribution is -2.25. The van der Waals surface area contributed by atoms with Crippen molar-refractivity contribution in [1.82, 2.24) is 15.2 Å². The van der Waals surface area contributed by atoms with Crippen molar-refractivity contribution in [2.75, 3.05) is 33.8 Å². The third-order valence-corrected chi connectivity index (χ3v) is 5.90. The van der Waals surface area contributed by atoms with Gasteiger partial charge >= 0.3 is 0 Å². The average Bonchev–Trinajstić information content (AvgIpc) is 3.29. The third-order valence-electron chi connectivity index (χ3n) is 5.90. The zero-order valence-electron chi connectivity index (χ0n) is 20.2. The lowest BCUT2D eigenvalue weighted by atomic mass is 10.0. The van der Waals surface area contributed by atoms with Crippen molar-refractivity contribution in [2.24, 2.45) is 0 Å². The first-order valence-electron chi connectivity index (χ1n) is 11.8. The van der Waals surface area contributed by atoms with E-state index in [4.69, 9.17) is 4.74 Å². The maximum Gasteiger partial charge on any atom is 0.251 e. The number of carbonyl (C=O) groups excluding carboxylic acids is 1. The molecule has 1 amide bonds. The summed E-state index contributed by atoms with van der Waals surface area (Å²) >= 11 is 0. The second kappa shape index (κ2) is 11.4. The van der Waals surface area contributed by atoms with Crippen LogP contribution in [0.25, 0.3) is 22.0 Å². The molecule has 35 heavy (non-hydrogen) atoms. The summed E-state index contributed by atoms with van der Waals surface area (Å²) in [4.78, 5) is 17.9. The van der Waals surface area contributed by atoms with Crippen molar-refractivity contribution in [2.45, 2.75) is 12.8 Å². The summed E-state index contributed by atoms with van der Waals surface area (Å²) in [6.07, 6.45) is 3.38. The Morgan fingerprint density at radius 3 is 2.66 bits per heavy atom. The molecule has 6 nitrogen and oxygen atoms in total. The van der Waals surface area contributed by atoms with Crippen LogP contribution < -0.4 is 10.1 Å². The Morgan fingerprint density at radius 1 is 1.06 bits per heavy atom. The minimum atomic E-state index is -0.102. The van der Waals surface area contributed by atoms with E-state index in [1.54, 1.807) is 6.20 Å². The highest BCUT2D eigenvalue weighted by molar-refractivity contribution is 5.94. The number of rotatable bonds is 10. The maximum absolute atomic E-state index is 12.6. The fourth-order valence-corrected chi connectivity index (χ4v) is 3.99. The Hall–Kier alpha value is -4.08. The van der Waals surface area contributed by atoms with Gasteiger partial charge < -0.3 is 19.9 Å². The Balaban J connectivity index is 1.31. The van der Waals surface area contributed by atoms with E-state index in [-0.39, 0.29) is 5.91 Å². The summed E-state index contributed by atoms with van der Waals surface area (Å²) in [6, 6.07) is 23.8. The first kappa shape index (κ1) is 24.1. The zero-order valence-corrected chi connectivity index (χ0v) is 20.2. The van der Waals surface area contributed by atoms with Crippen molar-refractivity contribution in [3.05, 3.63) is 89.6 Å². The summed E-state index contributed by atoms with van der Waals surface area (Å²) in [5.41, 5.74) is 5.36. The highest BCUT2D eigenvalue weighted by atomic mass is 16.5. The molecule has 0 saturated carbocycles. The lowest BCUT2D eigenvalue weighted by molar-refractivity contribution is 0.0954. The molecule has 0 bridgehead atoms. The molecular weight excluding hydrogens is 436 g/mol. The Labute approximate surface area is 206 Å². The number of fused-ring (bicyclic) bond motifs is 1. The second-order valence-corrected chi connectivity index (χ2v) is 8.81. The van der Waals surface area contributed by atoms with Crippen molar-refractivity contribution in [3.8, 4) is 22.9 Å². The minimum absolute atomic E-state index is 0.102. The number of aromatic nitrogens is 1. The van der Waals surface area contributed by atoms with E-state index < -0.39 is 0 Å². The molecule has 3 aromatic carbocycles. The SMILES string of the molecule is CN(C)CCCOc1cccc(-c2ccc(C(=O)NCCc3ccc4[nH]cc(C#N)c4c3)cc2)c1. The molecule has 178 valence electrons. The van der Waals surface area contributed by atoms with E-state index in [1.165, 1.54) is 0 Å². The molecule has 4 aromatic rings. The molecule has 1 aromatic heterocycles. The standard InChI is InChI=1S/C29H30N4O2/c1-33(2)15-4-16-35-26-6-3-5-24(18-26)22-8-10-23(11-9-22)29(34)31-14-13-21-7-12-28-27(17-21)25(19-30)20-32-28/h3,5-12,17-18,20,32H,4,13-16H2,1-2H3,(H,31,34). The van der Waals surface area contributed by atoms with Crippen molar-refractivity contribution >= 4 is 16.8 Å². The van der Waals surface area contributed by atoms with E-state index in [0.717, 1.165) is 46.3 Å². The number of ether oxygens (including phenoxy) is 1. The van der Waals surface area contributed by atoms with Crippen LogP contribution in [0.15, 0.2) is 72.9 Å². The molecule has 4 rings (SSSR count). The van der Waals surface area contributed by atoms with Crippen LogP contribution in [0.5, 0.6) is 5.75 Å². The van der Waals surface area contributed by atoms with Crippen LogP contribution in [0.3, 0.4) is 0 Å². The summed E-state index contributed by atoms with van der Waals surface area (Å²) in [5, 5.41) is 13.1. The predicted molar refractivity (Wildman–Crippen MR) is 140 cm³/mol. The fourth-order valence-electron chi connectivity index (χ4n) is 3.99. The number of benzene rings is 3. The van der Waals surface area contributed by atoms with Gasteiger partial charge in [-0.25, -0.2) is 0 Å². The molecule has 2 N–H and O–H groups in total. The summed E-state index contributed by atoms with van der Waals surface area (Å²) in [6.45, 7) is 2.19. The summed E-state index contributed by atoms with van der Waals surface area (Å²) < 4.78 is 5.88. The molecule has 0 saturated heterocycles. The average molecular weight is 467 g/mol. The van der Waals surface area contributed by atoms with Crippen molar-refractivity contribution in [1.29, 1.82) is 5.26 Å². The van der Waals surface area contributed by atoms with Gasteiger partial charge in [0.2, 0.25) is 0 Å². The highest BCUT2D eigenvalue weighted by Crippen LogP contribution is 2.24. The van der Waals surface area contributed by atoms with Gasteiger partial charge in [0.1, 0.15) is 11.8 Å². The fraction of sp³-hybridized carbons (Fsp3) is 0.241. The first-order chi connectivity index (χ1) is 17.0. The summed E-state index contributed by atoms with van der Waals surface area (Å²) in [7, 11) is 4.11. The van der Waals surface area contributed by atoms with Crippen LogP contribution in [0.2, 0.25) is 0 Å². The molecule has 0 aliphatic rings. The van der Waals surface area contributed by atoms with Crippen LogP contribution in [-0.4, -0.2) is 49.6 Å². The Morgan fingerprint density at radius 2 is 1.89 bits per heavy atom. The van der Waals surface area contributed by atoms with E-state index in [0.29, 0.717) is 30.7 Å². The van der Waals surface area contributed by atoms with Crippen LogP contribution in [0.4, 0.5) is 0 Å². The number of carbonyl (C=O) groups is 1. The van der Waals surface area contributed by atoms with Gasteiger partial charge in [-0.15, -0.1) is 0 Å². The number of nitriles is 1. The number of H-pyrrole nitrogens is 1. The van der Waals surface area contributed by atoms with Gasteiger partial charge in [-0.2, -0.15) is 5.26 Å². The molecule has 0 fully saturated rings. The molecule has 0 aliphatic heterocycles. The van der Waals surface area contributed by atoms with E-state index in [2.05, 4.69) is 35.4 Å². The van der Waals surface area contributed by atoms with Gasteiger partial charge in [-0.05, 0) is 80.0 Å². The van der Waals surface area contributed by atoms with Crippen molar-refractivity contribution in [3.63, 3.8) is 0 Å². The third kappa shape index (κ3) is 6.28.